The molecule has 0 aromatic carbocycles. The molecule has 2 atom stereocenters. The summed E-state index contributed by atoms with van der Waals surface area (Å²) in [5.74, 6) is 1.22. The molecular weight excluding hydrogens is 376 g/mol. The van der Waals surface area contributed by atoms with Gasteiger partial charge in [-0.1, -0.05) is 18.0 Å². The summed E-state index contributed by atoms with van der Waals surface area (Å²) >= 11 is 5.90. The van der Waals surface area contributed by atoms with Crippen LogP contribution in [0.25, 0.3) is 0 Å². The molecule has 1 saturated carbocycles. The second-order valence-electron chi connectivity index (χ2n) is 8.33. The first kappa shape index (κ1) is 20.9. The van der Waals surface area contributed by atoms with Gasteiger partial charge in [-0.05, 0) is 58.1 Å². The van der Waals surface area contributed by atoms with Gasteiger partial charge in [0, 0.05) is 43.2 Å². The number of nitrogens with zero attached hydrogens (tertiary/aromatic N) is 2. The molecule has 1 aliphatic heterocycles. The fourth-order valence-corrected chi connectivity index (χ4v) is 4.32. The lowest BCUT2D eigenvalue weighted by molar-refractivity contribution is -0.129. The molecule has 1 aromatic heterocycles. The predicted octanol–water partition coefficient (Wildman–Crippen LogP) is 3.15. The van der Waals surface area contributed by atoms with Crippen LogP contribution in [0.1, 0.15) is 52.4 Å². The second kappa shape index (κ2) is 9.59. The molecule has 2 amide bonds. The van der Waals surface area contributed by atoms with Gasteiger partial charge in [0.25, 0.3) is 0 Å². The van der Waals surface area contributed by atoms with Crippen LogP contribution in [0.15, 0.2) is 18.3 Å². The van der Waals surface area contributed by atoms with Crippen LogP contribution in [0.5, 0.6) is 0 Å². The number of carbonyl (C=O) groups is 2. The van der Waals surface area contributed by atoms with Crippen molar-refractivity contribution < 1.29 is 9.59 Å². The molecule has 7 heteroatoms. The van der Waals surface area contributed by atoms with Gasteiger partial charge < -0.3 is 15.5 Å². The van der Waals surface area contributed by atoms with E-state index in [1.807, 2.05) is 26.0 Å². The minimum atomic E-state index is 0.0132. The molecule has 0 spiro atoms. The smallest absolute Gasteiger partial charge is 0.223 e. The highest BCUT2D eigenvalue weighted by atomic mass is 35.5. The number of hydrogen-bond donors (Lipinski definition) is 2. The minimum absolute atomic E-state index is 0.0132. The van der Waals surface area contributed by atoms with Crippen LogP contribution in [-0.2, 0) is 9.59 Å². The molecule has 1 aromatic rings. The highest BCUT2D eigenvalue weighted by Gasteiger charge is 2.31. The first-order valence-electron chi connectivity index (χ1n) is 10.4. The van der Waals surface area contributed by atoms with Crippen molar-refractivity contribution in [2.75, 3.05) is 18.0 Å². The van der Waals surface area contributed by atoms with Crippen molar-refractivity contribution in [3.8, 4) is 0 Å². The van der Waals surface area contributed by atoms with Crippen LogP contribution >= 0.6 is 11.6 Å². The molecule has 2 fully saturated rings. The number of carbonyl (C=O) groups excluding carboxylic acids is 2. The largest absolute Gasteiger partial charge is 0.357 e. The van der Waals surface area contributed by atoms with E-state index in [-0.39, 0.29) is 35.7 Å². The van der Waals surface area contributed by atoms with Crippen LogP contribution in [0.4, 0.5) is 5.82 Å². The molecule has 6 nitrogen and oxygen atoms in total. The summed E-state index contributed by atoms with van der Waals surface area (Å²) in [5.41, 5.74) is 0. The van der Waals surface area contributed by atoms with E-state index in [1.54, 1.807) is 6.20 Å². The number of rotatable bonds is 5. The number of hydrogen-bond acceptors (Lipinski definition) is 4. The van der Waals surface area contributed by atoms with Crippen LogP contribution in [-0.4, -0.2) is 42.0 Å². The standard InChI is InChI=1S/C21H31ClN4O2/c1-14(2)24-21(28)16-4-3-5-18(12-16)25-20(27)15-8-10-26(11-9-15)19-7-6-17(22)13-23-19/h6-7,13-16,18H,3-5,8-12H2,1-2H3,(H,24,28)(H,25,27). The van der Waals surface area contributed by atoms with E-state index in [0.29, 0.717) is 5.02 Å². The summed E-state index contributed by atoms with van der Waals surface area (Å²) in [7, 11) is 0. The van der Waals surface area contributed by atoms with Gasteiger partial charge in [0.2, 0.25) is 11.8 Å². The van der Waals surface area contributed by atoms with Crippen LogP contribution in [0.2, 0.25) is 5.02 Å². The van der Waals surface area contributed by atoms with Gasteiger partial charge in [-0.15, -0.1) is 0 Å². The normalized spacial score (nSPS) is 23.5. The minimum Gasteiger partial charge on any atom is -0.357 e. The average Bonchev–Trinajstić information content (AvgIpc) is 2.68. The average molecular weight is 407 g/mol. The molecule has 3 rings (SSSR count). The molecule has 28 heavy (non-hydrogen) atoms. The Bertz CT molecular complexity index is 671. The van der Waals surface area contributed by atoms with Gasteiger partial charge >= 0.3 is 0 Å². The number of pyridine rings is 1. The zero-order chi connectivity index (χ0) is 20.1. The van der Waals surface area contributed by atoms with Gasteiger partial charge in [0.05, 0.1) is 5.02 Å². The number of aromatic nitrogens is 1. The first-order valence-corrected chi connectivity index (χ1v) is 10.8. The summed E-state index contributed by atoms with van der Waals surface area (Å²) in [6.45, 7) is 5.59. The van der Waals surface area contributed by atoms with Crippen molar-refractivity contribution in [3.63, 3.8) is 0 Å². The van der Waals surface area contributed by atoms with E-state index < -0.39 is 0 Å². The Morgan fingerprint density at radius 3 is 2.50 bits per heavy atom. The molecule has 154 valence electrons. The SMILES string of the molecule is CC(C)NC(=O)C1CCCC(NC(=O)C2CCN(c3ccc(Cl)cn3)CC2)C1. The van der Waals surface area contributed by atoms with Crippen molar-refractivity contribution in [1.29, 1.82) is 0 Å². The third kappa shape index (κ3) is 5.60. The van der Waals surface area contributed by atoms with Crippen LogP contribution < -0.4 is 15.5 Å². The molecule has 2 heterocycles. The number of nitrogens with one attached hydrogen (secondary N) is 2. The third-order valence-electron chi connectivity index (χ3n) is 5.72. The Hall–Kier alpha value is -1.82. The first-order chi connectivity index (χ1) is 13.4. The van der Waals surface area contributed by atoms with Crippen LogP contribution in [0, 0.1) is 11.8 Å². The summed E-state index contributed by atoms with van der Waals surface area (Å²) in [6, 6.07) is 4.04. The van der Waals surface area contributed by atoms with Crippen molar-refractivity contribution in [2.24, 2.45) is 11.8 Å². The van der Waals surface area contributed by atoms with E-state index >= 15 is 0 Å². The number of anilines is 1. The monoisotopic (exact) mass is 406 g/mol. The zero-order valence-corrected chi connectivity index (χ0v) is 17.5. The second-order valence-corrected chi connectivity index (χ2v) is 8.76. The summed E-state index contributed by atoms with van der Waals surface area (Å²) < 4.78 is 0. The van der Waals surface area contributed by atoms with Gasteiger partial charge in [-0.2, -0.15) is 0 Å². The van der Waals surface area contributed by atoms with E-state index in [0.717, 1.165) is 57.4 Å². The summed E-state index contributed by atoms with van der Waals surface area (Å²) in [4.78, 5) is 31.6. The van der Waals surface area contributed by atoms with Crippen molar-refractivity contribution >= 4 is 29.2 Å². The van der Waals surface area contributed by atoms with E-state index in [1.165, 1.54) is 0 Å². The van der Waals surface area contributed by atoms with Gasteiger partial charge in [0.15, 0.2) is 0 Å². The van der Waals surface area contributed by atoms with Crippen molar-refractivity contribution in [3.05, 3.63) is 23.4 Å². The highest BCUT2D eigenvalue weighted by molar-refractivity contribution is 6.30. The van der Waals surface area contributed by atoms with Gasteiger partial charge in [0.1, 0.15) is 5.82 Å². The zero-order valence-electron chi connectivity index (χ0n) is 16.8. The highest BCUT2D eigenvalue weighted by Crippen LogP contribution is 2.27. The molecule has 2 aliphatic rings. The Labute approximate surface area is 172 Å². The number of halogens is 1. The quantitative estimate of drug-likeness (QED) is 0.787. The summed E-state index contributed by atoms with van der Waals surface area (Å²) in [5, 5.41) is 6.85. The third-order valence-corrected chi connectivity index (χ3v) is 5.95. The lowest BCUT2D eigenvalue weighted by Crippen LogP contribution is -2.47. The fourth-order valence-electron chi connectivity index (χ4n) is 4.21. The van der Waals surface area contributed by atoms with Crippen molar-refractivity contribution in [1.82, 2.24) is 15.6 Å². The molecule has 1 aliphatic carbocycles. The molecule has 2 N–H and O–H groups in total. The summed E-state index contributed by atoms with van der Waals surface area (Å²) in [6.07, 6.45) is 6.91. The number of piperidine rings is 1. The lowest BCUT2D eigenvalue weighted by atomic mass is 9.84. The lowest BCUT2D eigenvalue weighted by Gasteiger charge is -2.34. The Kier molecular flexibility index (Phi) is 7.16. The van der Waals surface area contributed by atoms with Gasteiger partial charge in [-0.3, -0.25) is 9.59 Å². The molecule has 2 unspecified atom stereocenters. The molecule has 1 saturated heterocycles. The topological polar surface area (TPSA) is 74.3 Å². The maximum absolute atomic E-state index is 12.7. The molecule has 0 radical (unpaired) electrons. The maximum atomic E-state index is 12.7. The fraction of sp³-hybridized carbons (Fsp3) is 0.667. The van der Waals surface area contributed by atoms with E-state index in [4.69, 9.17) is 11.6 Å². The Morgan fingerprint density at radius 2 is 1.86 bits per heavy atom. The maximum Gasteiger partial charge on any atom is 0.223 e. The predicted molar refractivity (Wildman–Crippen MR) is 111 cm³/mol. The molecule has 0 bridgehead atoms. The Balaban J connectivity index is 1.46. The van der Waals surface area contributed by atoms with E-state index in [9.17, 15) is 9.59 Å². The number of amides is 2. The van der Waals surface area contributed by atoms with Crippen molar-refractivity contribution in [2.45, 2.75) is 64.5 Å². The van der Waals surface area contributed by atoms with Crippen LogP contribution in [0.3, 0.4) is 0 Å². The Morgan fingerprint density at radius 1 is 1.11 bits per heavy atom. The molecular formula is C21H31ClN4O2. The van der Waals surface area contributed by atoms with E-state index in [2.05, 4.69) is 20.5 Å². The van der Waals surface area contributed by atoms with Gasteiger partial charge in [-0.25, -0.2) is 4.98 Å².